The standard InChI is InChI=1S/C17H22ClN5O/c1-13-7-4-5-8-14(13)11-22(2)17-15(18)9-6-10-16(17)23(3)21-20-19-12-24/h4-10,12,20-21H,11H2,1-3H3,(H,19,24). The summed E-state index contributed by atoms with van der Waals surface area (Å²) >= 11 is 6.45. The molecular weight excluding hydrogens is 326 g/mol. The predicted octanol–water partition coefficient (Wildman–Crippen LogP) is 2.39. The Morgan fingerprint density at radius 2 is 1.88 bits per heavy atom. The van der Waals surface area contributed by atoms with Crippen LogP contribution >= 0.6 is 11.6 Å². The molecule has 0 saturated heterocycles. The zero-order valence-corrected chi connectivity index (χ0v) is 14.8. The highest BCUT2D eigenvalue weighted by Gasteiger charge is 2.15. The number of rotatable bonds is 8. The van der Waals surface area contributed by atoms with Crippen LogP contribution in [0.1, 0.15) is 11.1 Å². The lowest BCUT2D eigenvalue weighted by molar-refractivity contribution is -0.110. The summed E-state index contributed by atoms with van der Waals surface area (Å²) in [5.41, 5.74) is 12.0. The number of hydrazine groups is 3. The van der Waals surface area contributed by atoms with Gasteiger partial charge >= 0.3 is 0 Å². The minimum atomic E-state index is 0.546. The van der Waals surface area contributed by atoms with E-state index in [2.05, 4.69) is 40.5 Å². The van der Waals surface area contributed by atoms with Crippen molar-refractivity contribution in [1.82, 2.24) is 16.5 Å². The number of carbonyl (C=O) groups is 1. The third kappa shape index (κ3) is 4.38. The number of amides is 1. The maximum Gasteiger partial charge on any atom is 0.222 e. The highest BCUT2D eigenvalue weighted by atomic mass is 35.5. The highest BCUT2D eigenvalue weighted by Crippen LogP contribution is 2.35. The van der Waals surface area contributed by atoms with E-state index >= 15 is 0 Å². The summed E-state index contributed by atoms with van der Waals surface area (Å²) in [4.78, 5) is 12.4. The van der Waals surface area contributed by atoms with Crippen molar-refractivity contribution in [2.24, 2.45) is 0 Å². The van der Waals surface area contributed by atoms with Crippen molar-refractivity contribution in [1.29, 1.82) is 0 Å². The van der Waals surface area contributed by atoms with Gasteiger partial charge in [0.05, 0.1) is 16.4 Å². The van der Waals surface area contributed by atoms with E-state index in [1.54, 1.807) is 5.01 Å². The molecule has 0 aliphatic heterocycles. The molecule has 6 nitrogen and oxygen atoms in total. The van der Waals surface area contributed by atoms with Gasteiger partial charge in [0.1, 0.15) is 0 Å². The molecule has 0 fully saturated rings. The zero-order chi connectivity index (χ0) is 17.5. The highest BCUT2D eigenvalue weighted by molar-refractivity contribution is 6.34. The predicted molar refractivity (Wildman–Crippen MR) is 98.6 cm³/mol. The number of hydrogen-bond acceptors (Lipinski definition) is 5. The molecule has 0 bridgehead atoms. The van der Waals surface area contributed by atoms with Crippen molar-refractivity contribution in [3.05, 3.63) is 58.6 Å². The Morgan fingerprint density at radius 3 is 2.58 bits per heavy atom. The molecule has 0 spiro atoms. The first-order valence-electron chi connectivity index (χ1n) is 7.52. The van der Waals surface area contributed by atoms with E-state index < -0.39 is 0 Å². The second kappa shape index (κ2) is 8.54. The summed E-state index contributed by atoms with van der Waals surface area (Å²) in [5.74, 6) is 0. The van der Waals surface area contributed by atoms with Gasteiger partial charge in [-0.25, -0.2) is 0 Å². The molecule has 128 valence electrons. The maximum absolute atomic E-state index is 10.3. The Hall–Kier alpha value is -2.28. The topological polar surface area (TPSA) is 59.6 Å². The first kappa shape index (κ1) is 18.1. The van der Waals surface area contributed by atoms with Gasteiger partial charge in [-0.1, -0.05) is 41.9 Å². The van der Waals surface area contributed by atoms with E-state index in [4.69, 9.17) is 11.6 Å². The van der Waals surface area contributed by atoms with Crippen LogP contribution in [0.5, 0.6) is 0 Å². The molecule has 0 heterocycles. The van der Waals surface area contributed by atoms with Crippen molar-refractivity contribution in [2.45, 2.75) is 13.5 Å². The molecule has 0 aliphatic carbocycles. The Balaban J connectivity index is 2.24. The number of carbonyl (C=O) groups excluding carboxylic acids is 1. The Bertz CT molecular complexity index is 694. The molecule has 1 amide bonds. The third-order valence-corrected chi connectivity index (χ3v) is 4.04. The molecule has 0 aliphatic rings. The number of hydrogen-bond donors (Lipinski definition) is 3. The van der Waals surface area contributed by atoms with Crippen LogP contribution in [-0.2, 0) is 11.3 Å². The average molecular weight is 348 g/mol. The number of anilines is 2. The molecule has 0 radical (unpaired) electrons. The van der Waals surface area contributed by atoms with Crippen molar-refractivity contribution in [2.75, 3.05) is 24.0 Å². The fourth-order valence-electron chi connectivity index (χ4n) is 2.48. The van der Waals surface area contributed by atoms with Crippen LogP contribution in [0.2, 0.25) is 5.02 Å². The molecule has 0 aromatic heterocycles. The van der Waals surface area contributed by atoms with Crippen LogP contribution in [0.4, 0.5) is 11.4 Å². The lowest BCUT2D eigenvalue weighted by Crippen LogP contribution is -2.51. The van der Waals surface area contributed by atoms with Crippen molar-refractivity contribution in [3.8, 4) is 0 Å². The fraction of sp³-hybridized carbons (Fsp3) is 0.235. The average Bonchev–Trinajstić information content (AvgIpc) is 2.56. The first-order chi connectivity index (χ1) is 11.5. The molecule has 2 aromatic carbocycles. The van der Waals surface area contributed by atoms with Gasteiger partial charge in [-0.15, -0.1) is 0 Å². The minimum Gasteiger partial charge on any atom is -0.367 e. The molecule has 7 heteroatoms. The Labute approximate surface area is 147 Å². The van der Waals surface area contributed by atoms with Gasteiger partial charge < -0.3 is 4.90 Å². The monoisotopic (exact) mass is 347 g/mol. The maximum atomic E-state index is 10.3. The number of para-hydroxylation sites is 1. The summed E-state index contributed by atoms with van der Waals surface area (Å²) in [5, 5.41) is 2.40. The number of halogens is 1. The molecule has 2 rings (SSSR count). The number of benzene rings is 2. The van der Waals surface area contributed by atoms with Crippen LogP contribution in [-0.4, -0.2) is 20.5 Å². The second-order valence-corrected chi connectivity index (χ2v) is 5.86. The first-order valence-corrected chi connectivity index (χ1v) is 7.90. The largest absolute Gasteiger partial charge is 0.367 e. The van der Waals surface area contributed by atoms with E-state index in [1.807, 2.05) is 44.4 Å². The SMILES string of the molecule is Cc1ccccc1CN(C)c1c(Cl)cccc1N(C)NNNC=O. The van der Waals surface area contributed by atoms with Gasteiger partial charge in [0.25, 0.3) is 0 Å². The van der Waals surface area contributed by atoms with Crippen molar-refractivity contribution < 1.29 is 4.79 Å². The molecule has 0 unspecified atom stereocenters. The molecule has 2 aromatic rings. The number of nitrogens with one attached hydrogen (secondary N) is 3. The summed E-state index contributed by atoms with van der Waals surface area (Å²) < 4.78 is 0. The summed E-state index contributed by atoms with van der Waals surface area (Å²) in [6.45, 7) is 2.83. The van der Waals surface area contributed by atoms with Gasteiger partial charge in [-0.2, -0.15) is 11.1 Å². The van der Waals surface area contributed by atoms with E-state index in [1.165, 1.54) is 11.1 Å². The Kier molecular flexibility index (Phi) is 6.43. The second-order valence-electron chi connectivity index (χ2n) is 5.45. The van der Waals surface area contributed by atoms with Gasteiger partial charge in [-0.3, -0.25) is 15.2 Å². The van der Waals surface area contributed by atoms with Gasteiger partial charge in [0.15, 0.2) is 0 Å². The molecule has 0 saturated carbocycles. The van der Waals surface area contributed by atoms with Gasteiger partial charge in [0.2, 0.25) is 6.41 Å². The van der Waals surface area contributed by atoms with Gasteiger partial charge in [0, 0.05) is 20.6 Å². The normalized spacial score (nSPS) is 10.3. The molecular formula is C17H22ClN5O. The molecule has 24 heavy (non-hydrogen) atoms. The van der Waals surface area contributed by atoms with Crippen LogP contribution < -0.4 is 26.4 Å². The van der Waals surface area contributed by atoms with Crippen molar-refractivity contribution in [3.63, 3.8) is 0 Å². The smallest absolute Gasteiger partial charge is 0.222 e. The summed E-state index contributed by atoms with van der Waals surface area (Å²) in [7, 11) is 3.83. The number of nitrogens with zero attached hydrogens (tertiary/aromatic N) is 2. The summed E-state index contributed by atoms with van der Waals surface area (Å²) in [6, 6.07) is 14.0. The summed E-state index contributed by atoms with van der Waals surface area (Å²) in [6.07, 6.45) is 0.546. The van der Waals surface area contributed by atoms with E-state index in [-0.39, 0.29) is 0 Å². The van der Waals surface area contributed by atoms with Crippen LogP contribution in [0.3, 0.4) is 0 Å². The quantitative estimate of drug-likeness (QED) is 0.389. The van der Waals surface area contributed by atoms with E-state index in [0.29, 0.717) is 11.4 Å². The number of aryl methyl sites for hydroxylation is 1. The van der Waals surface area contributed by atoms with Gasteiger partial charge in [-0.05, 0) is 30.2 Å². The van der Waals surface area contributed by atoms with E-state index in [9.17, 15) is 4.79 Å². The van der Waals surface area contributed by atoms with Crippen LogP contribution in [0.15, 0.2) is 42.5 Å². The van der Waals surface area contributed by atoms with E-state index in [0.717, 1.165) is 17.9 Å². The zero-order valence-electron chi connectivity index (χ0n) is 14.0. The lowest BCUT2D eigenvalue weighted by atomic mass is 10.1. The third-order valence-electron chi connectivity index (χ3n) is 3.73. The molecule has 3 N–H and O–H groups in total. The Morgan fingerprint density at radius 1 is 1.12 bits per heavy atom. The lowest BCUT2D eigenvalue weighted by Gasteiger charge is -2.29. The van der Waals surface area contributed by atoms with Crippen LogP contribution in [0, 0.1) is 6.92 Å². The molecule has 0 atom stereocenters. The van der Waals surface area contributed by atoms with Crippen molar-refractivity contribution >= 4 is 29.4 Å². The fourth-order valence-corrected chi connectivity index (χ4v) is 2.79. The van der Waals surface area contributed by atoms with Crippen LogP contribution in [0.25, 0.3) is 0 Å². The minimum absolute atomic E-state index is 0.546.